The fraction of sp³-hybridized carbons (Fsp3) is 0.160. The Labute approximate surface area is 206 Å². The Bertz CT molecular complexity index is 1170. The van der Waals surface area contributed by atoms with Gasteiger partial charge in [-0.25, -0.2) is 5.43 Å². The first-order valence-electron chi connectivity index (χ1n) is 10.3. The largest absolute Gasteiger partial charge is 0.495 e. The lowest BCUT2D eigenvalue weighted by atomic mass is 10.2. The number of ether oxygens (including phenoxy) is 3. The number of halogens is 1. The van der Waals surface area contributed by atoms with E-state index in [1.54, 1.807) is 49.6 Å². The number of hydrazone groups is 1. The number of rotatable bonds is 10. The molecule has 3 rings (SSSR count). The quantitative estimate of drug-likeness (QED) is 0.230. The van der Waals surface area contributed by atoms with Crippen molar-refractivity contribution in [2.75, 3.05) is 19.5 Å². The van der Waals surface area contributed by atoms with E-state index in [0.29, 0.717) is 35.1 Å². The predicted octanol–water partition coefficient (Wildman–Crippen LogP) is 4.52. The minimum absolute atomic E-state index is 0.387. The van der Waals surface area contributed by atoms with Crippen LogP contribution < -0.4 is 25.0 Å². The van der Waals surface area contributed by atoms with Crippen LogP contribution in [-0.2, 0) is 16.2 Å². The first-order chi connectivity index (χ1) is 16.5. The third-order valence-corrected chi connectivity index (χ3v) is 5.13. The van der Waals surface area contributed by atoms with Gasteiger partial charge in [0.1, 0.15) is 18.8 Å². The van der Waals surface area contributed by atoms with Crippen molar-refractivity contribution in [1.29, 1.82) is 0 Å². The molecule has 8 nitrogen and oxygen atoms in total. The molecule has 0 heterocycles. The number of methoxy groups -OCH3 is 2. The molecule has 0 unspecified atom stereocenters. The number of amides is 2. The average molecular weight is 526 g/mol. The summed E-state index contributed by atoms with van der Waals surface area (Å²) in [6.45, 7) is 0.393. The summed E-state index contributed by atoms with van der Waals surface area (Å²) >= 11 is 3.41. The second-order valence-electron chi connectivity index (χ2n) is 7.04. The van der Waals surface area contributed by atoms with E-state index in [1.807, 2.05) is 24.3 Å². The number of benzene rings is 3. The monoisotopic (exact) mass is 525 g/mol. The summed E-state index contributed by atoms with van der Waals surface area (Å²) in [5.41, 5.74) is 4.54. The fourth-order valence-electron chi connectivity index (χ4n) is 2.93. The van der Waals surface area contributed by atoms with Crippen LogP contribution in [0, 0.1) is 0 Å². The average Bonchev–Trinajstić information content (AvgIpc) is 2.84. The van der Waals surface area contributed by atoms with Crippen molar-refractivity contribution in [1.82, 2.24) is 5.43 Å². The second-order valence-corrected chi connectivity index (χ2v) is 7.96. The number of carbonyl (C=O) groups excluding carboxylic acids is 2. The topological polar surface area (TPSA) is 98.2 Å². The highest BCUT2D eigenvalue weighted by Crippen LogP contribution is 2.28. The standard InChI is InChI=1S/C25H24BrN3O5/c1-32-21-6-4-3-5-20(21)28-24(30)14-25(31)29-27-15-18-9-12-22(23(13-18)33-2)34-16-17-7-10-19(26)11-8-17/h3-13,15H,14,16H2,1-2H3,(H,28,30)(H,29,31). The molecule has 0 bridgehead atoms. The molecule has 0 atom stereocenters. The number of hydrogen-bond donors (Lipinski definition) is 2. The van der Waals surface area contributed by atoms with Gasteiger partial charge in [-0.05, 0) is 53.6 Å². The lowest BCUT2D eigenvalue weighted by molar-refractivity contribution is -0.126. The Morgan fingerprint density at radius 1 is 0.912 bits per heavy atom. The molecular formula is C25H24BrN3O5. The zero-order chi connectivity index (χ0) is 24.3. The SMILES string of the molecule is COc1ccccc1NC(=O)CC(=O)NN=Cc1ccc(OCc2ccc(Br)cc2)c(OC)c1. The van der Waals surface area contributed by atoms with Gasteiger partial charge in [-0.3, -0.25) is 9.59 Å². The van der Waals surface area contributed by atoms with Crippen molar-refractivity contribution in [3.8, 4) is 17.2 Å². The molecule has 0 saturated heterocycles. The van der Waals surface area contributed by atoms with Crippen molar-refractivity contribution < 1.29 is 23.8 Å². The van der Waals surface area contributed by atoms with Crippen molar-refractivity contribution >= 4 is 39.6 Å². The van der Waals surface area contributed by atoms with Gasteiger partial charge in [0.15, 0.2) is 11.5 Å². The van der Waals surface area contributed by atoms with Crippen LogP contribution in [0.15, 0.2) is 76.3 Å². The maximum absolute atomic E-state index is 12.1. The number of anilines is 1. The number of carbonyl (C=O) groups is 2. The van der Waals surface area contributed by atoms with Gasteiger partial charge in [0.2, 0.25) is 11.8 Å². The van der Waals surface area contributed by atoms with E-state index < -0.39 is 11.8 Å². The first-order valence-corrected chi connectivity index (χ1v) is 11.1. The van der Waals surface area contributed by atoms with Crippen LogP contribution in [0.3, 0.4) is 0 Å². The third kappa shape index (κ3) is 7.35. The van der Waals surface area contributed by atoms with E-state index in [-0.39, 0.29) is 6.42 Å². The van der Waals surface area contributed by atoms with E-state index in [2.05, 4.69) is 31.8 Å². The molecule has 2 amide bonds. The summed E-state index contributed by atoms with van der Waals surface area (Å²) < 4.78 is 17.4. The van der Waals surface area contributed by atoms with Gasteiger partial charge >= 0.3 is 0 Å². The van der Waals surface area contributed by atoms with Crippen molar-refractivity contribution in [3.05, 3.63) is 82.3 Å². The molecule has 0 spiro atoms. The smallest absolute Gasteiger partial charge is 0.249 e. The minimum atomic E-state index is -0.551. The van der Waals surface area contributed by atoms with E-state index in [9.17, 15) is 9.59 Å². The molecule has 0 aliphatic rings. The van der Waals surface area contributed by atoms with Gasteiger partial charge in [-0.15, -0.1) is 0 Å². The van der Waals surface area contributed by atoms with Gasteiger partial charge in [0.05, 0.1) is 26.1 Å². The highest BCUT2D eigenvalue weighted by atomic mass is 79.9. The zero-order valence-corrected chi connectivity index (χ0v) is 20.3. The highest BCUT2D eigenvalue weighted by molar-refractivity contribution is 9.10. The number of para-hydroxylation sites is 2. The maximum atomic E-state index is 12.1. The maximum Gasteiger partial charge on any atom is 0.249 e. The van der Waals surface area contributed by atoms with Crippen molar-refractivity contribution in [2.24, 2.45) is 5.10 Å². The number of nitrogens with one attached hydrogen (secondary N) is 2. The van der Waals surface area contributed by atoms with E-state index in [1.165, 1.54) is 13.3 Å². The van der Waals surface area contributed by atoms with Gasteiger partial charge in [-0.2, -0.15) is 5.10 Å². The molecule has 176 valence electrons. The summed E-state index contributed by atoms with van der Waals surface area (Å²) in [6.07, 6.45) is 1.07. The summed E-state index contributed by atoms with van der Waals surface area (Å²) in [5.74, 6) is 0.590. The number of hydrogen-bond acceptors (Lipinski definition) is 6. The van der Waals surface area contributed by atoms with Crippen LogP contribution in [0.4, 0.5) is 5.69 Å². The van der Waals surface area contributed by atoms with Crippen molar-refractivity contribution in [3.63, 3.8) is 0 Å². The van der Waals surface area contributed by atoms with Crippen LogP contribution in [0.2, 0.25) is 0 Å². The minimum Gasteiger partial charge on any atom is -0.495 e. The van der Waals surface area contributed by atoms with Crippen LogP contribution in [0.25, 0.3) is 0 Å². The fourth-order valence-corrected chi connectivity index (χ4v) is 3.20. The molecule has 9 heteroatoms. The van der Waals surface area contributed by atoms with Gasteiger partial charge in [0, 0.05) is 4.47 Å². The number of nitrogens with zero attached hydrogens (tertiary/aromatic N) is 1. The third-order valence-electron chi connectivity index (χ3n) is 4.60. The van der Waals surface area contributed by atoms with Gasteiger partial charge in [-0.1, -0.05) is 40.2 Å². The first kappa shape index (κ1) is 24.8. The molecule has 3 aromatic carbocycles. The molecule has 34 heavy (non-hydrogen) atoms. The van der Waals surface area contributed by atoms with Crippen molar-refractivity contribution in [2.45, 2.75) is 13.0 Å². The van der Waals surface area contributed by atoms with Crippen LogP contribution in [-0.4, -0.2) is 32.2 Å². The summed E-state index contributed by atoms with van der Waals surface area (Å²) in [5, 5.41) is 6.55. The molecule has 2 N–H and O–H groups in total. The lowest BCUT2D eigenvalue weighted by Crippen LogP contribution is -2.24. The highest BCUT2D eigenvalue weighted by Gasteiger charge is 2.11. The Morgan fingerprint density at radius 3 is 2.38 bits per heavy atom. The van der Waals surface area contributed by atoms with Crippen LogP contribution in [0.5, 0.6) is 17.2 Å². The molecule has 0 saturated carbocycles. The lowest BCUT2D eigenvalue weighted by Gasteiger charge is -2.11. The summed E-state index contributed by atoms with van der Waals surface area (Å²) in [6, 6.07) is 20.1. The molecule has 0 aliphatic carbocycles. The Balaban J connectivity index is 1.51. The van der Waals surface area contributed by atoms with E-state index >= 15 is 0 Å². The molecule has 3 aromatic rings. The second kappa shape index (κ2) is 12.4. The van der Waals surface area contributed by atoms with Crippen LogP contribution in [0.1, 0.15) is 17.5 Å². The predicted molar refractivity (Wildman–Crippen MR) is 133 cm³/mol. The Morgan fingerprint density at radius 2 is 1.65 bits per heavy atom. The summed E-state index contributed by atoms with van der Waals surface area (Å²) in [7, 11) is 3.05. The molecule has 0 fully saturated rings. The van der Waals surface area contributed by atoms with E-state index in [0.717, 1.165) is 10.0 Å². The Kier molecular flexibility index (Phi) is 9.04. The van der Waals surface area contributed by atoms with Gasteiger partial charge in [0.25, 0.3) is 0 Å². The summed E-state index contributed by atoms with van der Waals surface area (Å²) in [4.78, 5) is 24.2. The van der Waals surface area contributed by atoms with E-state index in [4.69, 9.17) is 14.2 Å². The molecule has 0 aliphatic heterocycles. The Hall–Kier alpha value is -3.85. The molecule has 0 radical (unpaired) electrons. The normalized spacial score (nSPS) is 10.6. The molecular weight excluding hydrogens is 502 g/mol. The van der Waals surface area contributed by atoms with Gasteiger partial charge < -0.3 is 19.5 Å². The zero-order valence-electron chi connectivity index (χ0n) is 18.7. The molecule has 0 aromatic heterocycles. The van der Waals surface area contributed by atoms with Crippen LogP contribution >= 0.6 is 15.9 Å².